The third-order valence-electron chi connectivity index (χ3n) is 4.10. The normalized spacial score (nSPS) is 15.0. The van der Waals surface area contributed by atoms with E-state index in [-0.39, 0.29) is 18.1 Å². The molecule has 1 aliphatic carbocycles. The summed E-state index contributed by atoms with van der Waals surface area (Å²) >= 11 is 0. The Labute approximate surface area is 147 Å². The zero-order chi connectivity index (χ0) is 19.1. The van der Waals surface area contributed by atoms with E-state index in [2.05, 4.69) is 0 Å². The van der Waals surface area contributed by atoms with E-state index in [1.807, 2.05) is 0 Å². The molecule has 0 amide bonds. The van der Waals surface area contributed by atoms with Gasteiger partial charge in [0.2, 0.25) is 15.7 Å². The molecule has 1 heterocycles. The Balaban J connectivity index is 1.91. The molecular weight excluding hydrogens is 371 g/mol. The third-order valence-corrected chi connectivity index (χ3v) is 5.90. The van der Waals surface area contributed by atoms with E-state index in [9.17, 15) is 31.2 Å². The molecule has 26 heavy (non-hydrogen) atoms. The van der Waals surface area contributed by atoms with Crippen LogP contribution in [0.3, 0.4) is 0 Å². The maximum Gasteiger partial charge on any atom is 0.417 e. The van der Waals surface area contributed by atoms with Gasteiger partial charge in [0.1, 0.15) is 5.78 Å². The quantitative estimate of drug-likeness (QED) is 0.740. The van der Waals surface area contributed by atoms with Crippen molar-refractivity contribution in [2.45, 2.75) is 35.2 Å². The van der Waals surface area contributed by atoms with Crippen molar-refractivity contribution in [3.63, 3.8) is 0 Å². The molecule has 0 bridgehead atoms. The van der Waals surface area contributed by atoms with Crippen LogP contribution in [0.5, 0.6) is 0 Å². The highest BCUT2D eigenvalue weighted by Gasteiger charge is 2.37. The number of hydrogen-bond acceptors (Lipinski definition) is 4. The van der Waals surface area contributed by atoms with Gasteiger partial charge in [-0.2, -0.15) is 13.2 Å². The average molecular weight is 385 g/mol. The van der Waals surface area contributed by atoms with Crippen molar-refractivity contribution in [2.75, 3.05) is 0 Å². The van der Waals surface area contributed by atoms with E-state index in [0.29, 0.717) is 6.07 Å². The summed E-state index contributed by atoms with van der Waals surface area (Å²) in [4.78, 5) is 22.4. The lowest BCUT2D eigenvalue weighted by Gasteiger charge is -2.12. The van der Waals surface area contributed by atoms with Crippen LogP contribution in [0.4, 0.5) is 13.2 Å². The topological polar surface area (TPSA) is 73.2 Å². The first-order chi connectivity index (χ1) is 12.1. The second kappa shape index (κ2) is 6.39. The number of Topliss-reactive ketones (excluding diaryl/α,β-unsaturated/α-hetero) is 1. The lowest BCUT2D eigenvalue weighted by atomic mass is 10.2. The predicted molar refractivity (Wildman–Crippen MR) is 84.3 cm³/mol. The minimum absolute atomic E-state index is 0.114. The molecule has 5 nitrogen and oxygen atoms in total. The Kier molecular flexibility index (Phi) is 4.51. The minimum atomic E-state index is -4.83. The van der Waals surface area contributed by atoms with Crippen LogP contribution in [-0.2, 0) is 20.8 Å². The first-order valence-electron chi connectivity index (χ1n) is 7.76. The number of benzene rings is 1. The zero-order valence-corrected chi connectivity index (χ0v) is 14.2. The van der Waals surface area contributed by atoms with Gasteiger partial charge >= 0.3 is 6.18 Å². The van der Waals surface area contributed by atoms with Crippen LogP contribution >= 0.6 is 0 Å². The molecule has 9 heteroatoms. The van der Waals surface area contributed by atoms with Crippen LogP contribution in [0.15, 0.2) is 52.5 Å². The van der Waals surface area contributed by atoms with E-state index in [4.69, 9.17) is 0 Å². The number of hydrogen-bond donors (Lipinski definition) is 0. The van der Waals surface area contributed by atoms with E-state index in [1.54, 1.807) is 0 Å². The molecule has 0 aliphatic heterocycles. The molecule has 0 N–H and O–H groups in total. The van der Waals surface area contributed by atoms with Crippen molar-refractivity contribution in [2.24, 2.45) is 5.92 Å². The smallest absolute Gasteiger partial charge is 0.299 e. The van der Waals surface area contributed by atoms with Crippen molar-refractivity contribution in [3.8, 4) is 0 Å². The van der Waals surface area contributed by atoms with Crippen LogP contribution in [0, 0.1) is 5.92 Å². The summed E-state index contributed by atoms with van der Waals surface area (Å²) in [7, 11) is -4.48. The molecule has 0 spiro atoms. The standard InChI is InChI=1S/C17H14F3NO4S/c18-17(19,20)13-3-1-2-4-15(13)26(24,25)12-7-8-21(10-12)16(23)9-14(22)11-5-6-11/h1-4,7-8,10-11H,5-6,9H2. The van der Waals surface area contributed by atoms with Gasteiger partial charge in [0.25, 0.3) is 0 Å². The van der Waals surface area contributed by atoms with Crippen LogP contribution in [-0.4, -0.2) is 24.7 Å². The average Bonchev–Trinajstić information content (AvgIpc) is 3.30. The van der Waals surface area contributed by atoms with Gasteiger partial charge in [-0.25, -0.2) is 8.42 Å². The molecular formula is C17H14F3NO4S. The highest BCUT2D eigenvalue weighted by atomic mass is 32.2. The molecule has 0 saturated heterocycles. The highest BCUT2D eigenvalue weighted by molar-refractivity contribution is 7.91. The molecule has 3 rings (SSSR count). The van der Waals surface area contributed by atoms with Gasteiger partial charge in [0, 0.05) is 18.3 Å². The van der Waals surface area contributed by atoms with Gasteiger partial charge < -0.3 is 0 Å². The van der Waals surface area contributed by atoms with Crippen molar-refractivity contribution in [3.05, 3.63) is 48.3 Å². The molecule has 0 radical (unpaired) electrons. The number of aromatic nitrogens is 1. The maximum absolute atomic E-state index is 13.1. The van der Waals surface area contributed by atoms with Crippen molar-refractivity contribution in [1.82, 2.24) is 4.57 Å². The first-order valence-corrected chi connectivity index (χ1v) is 9.24. The van der Waals surface area contributed by atoms with Crippen LogP contribution in [0.1, 0.15) is 29.6 Å². The number of ketones is 1. The monoisotopic (exact) mass is 385 g/mol. The van der Waals surface area contributed by atoms with Crippen LogP contribution in [0.2, 0.25) is 0 Å². The number of carbonyl (C=O) groups excluding carboxylic acids is 2. The summed E-state index contributed by atoms with van der Waals surface area (Å²) < 4.78 is 65.4. The fourth-order valence-corrected chi connectivity index (χ4v) is 4.02. The molecule has 1 aliphatic rings. The van der Waals surface area contributed by atoms with E-state index >= 15 is 0 Å². The fraction of sp³-hybridized carbons (Fsp3) is 0.294. The highest BCUT2D eigenvalue weighted by Crippen LogP contribution is 2.36. The van der Waals surface area contributed by atoms with Gasteiger partial charge in [-0.1, -0.05) is 12.1 Å². The summed E-state index contributed by atoms with van der Waals surface area (Å²) in [6.07, 6.45) is -1.65. The largest absolute Gasteiger partial charge is 0.417 e. The minimum Gasteiger partial charge on any atom is -0.299 e. The molecule has 1 aromatic heterocycles. The molecule has 0 unspecified atom stereocenters. The van der Waals surface area contributed by atoms with Gasteiger partial charge in [-0.15, -0.1) is 0 Å². The SMILES string of the molecule is O=C(CC(=O)n1ccc(S(=O)(=O)c2ccccc2C(F)(F)F)c1)C1CC1. The lowest BCUT2D eigenvalue weighted by Crippen LogP contribution is -2.15. The molecule has 1 fully saturated rings. The summed E-state index contributed by atoms with van der Waals surface area (Å²) in [5, 5.41) is 0. The molecule has 1 aromatic carbocycles. The Bertz CT molecular complexity index is 972. The molecule has 0 atom stereocenters. The Morgan fingerprint density at radius 1 is 1.12 bits per heavy atom. The summed E-state index contributed by atoms with van der Waals surface area (Å²) in [5.74, 6) is -0.945. The molecule has 138 valence electrons. The third kappa shape index (κ3) is 3.57. The Morgan fingerprint density at radius 3 is 2.38 bits per heavy atom. The Morgan fingerprint density at radius 2 is 1.77 bits per heavy atom. The second-order valence-corrected chi connectivity index (χ2v) is 7.98. The first kappa shape index (κ1) is 18.4. The number of sulfone groups is 1. The number of carbonyl (C=O) groups is 2. The van der Waals surface area contributed by atoms with Crippen molar-refractivity contribution >= 4 is 21.5 Å². The maximum atomic E-state index is 13.1. The van der Waals surface area contributed by atoms with Crippen LogP contribution < -0.4 is 0 Å². The molecule has 1 saturated carbocycles. The number of rotatable bonds is 5. The fourth-order valence-electron chi connectivity index (χ4n) is 2.54. The summed E-state index contributed by atoms with van der Waals surface area (Å²) in [6.45, 7) is 0. The molecule has 2 aromatic rings. The predicted octanol–water partition coefficient (Wildman–Crippen LogP) is 3.35. The van der Waals surface area contributed by atoms with Gasteiger partial charge in [-0.3, -0.25) is 14.2 Å². The lowest BCUT2D eigenvalue weighted by molar-refractivity contribution is -0.139. The number of halogens is 3. The number of alkyl halides is 3. The van der Waals surface area contributed by atoms with Gasteiger partial charge in [0.05, 0.1) is 21.8 Å². The van der Waals surface area contributed by atoms with Crippen LogP contribution in [0.25, 0.3) is 0 Å². The van der Waals surface area contributed by atoms with Gasteiger partial charge in [-0.05, 0) is 31.0 Å². The van der Waals surface area contributed by atoms with Crippen molar-refractivity contribution in [1.29, 1.82) is 0 Å². The van der Waals surface area contributed by atoms with E-state index in [0.717, 1.165) is 48.0 Å². The van der Waals surface area contributed by atoms with E-state index < -0.39 is 37.3 Å². The Hall–Kier alpha value is -2.42. The summed E-state index contributed by atoms with van der Waals surface area (Å²) in [6, 6.07) is 4.89. The number of nitrogens with zero attached hydrogens (tertiary/aromatic N) is 1. The van der Waals surface area contributed by atoms with E-state index in [1.165, 1.54) is 6.07 Å². The summed E-state index contributed by atoms with van der Waals surface area (Å²) in [5.41, 5.74) is -1.28. The zero-order valence-electron chi connectivity index (χ0n) is 13.4. The second-order valence-electron chi connectivity index (χ2n) is 6.06. The van der Waals surface area contributed by atoms with Gasteiger partial charge in [0.15, 0.2) is 0 Å². The van der Waals surface area contributed by atoms with Crippen molar-refractivity contribution < 1.29 is 31.2 Å².